The minimum Gasteiger partial charge on any atom is -0.368 e. The van der Waals surface area contributed by atoms with Gasteiger partial charge >= 0.3 is 0 Å². The van der Waals surface area contributed by atoms with Crippen molar-refractivity contribution >= 4 is 16.9 Å². The summed E-state index contributed by atoms with van der Waals surface area (Å²) < 4.78 is 1.85. The Hall–Kier alpha value is -2.51. The Kier molecular flexibility index (Phi) is 4.81. The van der Waals surface area contributed by atoms with E-state index >= 15 is 0 Å². The number of benzene rings is 1. The first kappa shape index (κ1) is 16.9. The Bertz CT molecular complexity index is 853. The van der Waals surface area contributed by atoms with E-state index in [2.05, 4.69) is 44.2 Å². The molecule has 0 aliphatic carbocycles. The highest BCUT2D eigenvalue weighted by Crippen LogP contribution is 2.21. The maximum absolute atomic E-state index is 4.51. The van der Waals surface area contributed by atoms with Crippen LogP contribution < -0.4 is 5.32 Å². The first-order valence-electron chi connectivity index (χ1n) is 9.13. The lowest BCUT2D eigenvalue weighted by Crippen LogP contribution is -2.49. The van der Waals surface area contributed by atoms with Crippen LogP contribution >= 0.6 is 0 Å². The Morgan fingerprint density at radius 1 is 1.08 bits per heavy atom. The number of para-hydroxylation sites is 1. The van der Waals surface area contributed by atoms with Gasteiger partial charge in [0.25, 0.3) is 0 Å². The first-order valence-corrected chi connectivity index (χ1v) is 9.13. The summed E-state index contributed by atoms with van der Waals surface area (Å²) >= 11 is 0. The molecule has 1 aliphatic heterocycles. The van der Waals surface area contributed by atoms with Gasteiger partial charge in [0, 0.05) is 38.8 Å². The zero-order valence-corrected chi connectivity index (χ0v) is 15.3. The molecule has 1 atom stereocenters. The molecule has 26 heavy (non-hydrogen) atoms. The van der Waals surface area contributed by atoms with E-state index in [-0.39, 0.29) is 0 Å². The lowest BCUT2D eigenvalue weighted by molar-refractivity contribution is 0.123. The van der Waals surface area contributed by atoms with Crippen molar-refractivity contribution in [1.82, 2.24) is 29.5 Å². The monoisotopic (exact) mass is 351 g/mol. The molecule has 3 aromatic rings. The number of hydrogen-bond acceptors (Lipinski definition) is 6. The molecule has 0 radical (unpaired) electrons. The van der Waals surface area contributed by atoms with Crippen LogP contribution in [0.1, 0.15) is 6.92 Å². The third-order valence-corrected chi connectivity index (χ3v) is 5.09. The first-order chi connectivity index (χ1) is 12.7. The van der Waals surface area contributed by atoms with Gasteiger partial charge in [-0.1, -0.05) is 18.2 Å². The van der Waals surface area contributed by atoms with Crippen LogP contribution in [0.25, 0.3) is 16.7 Å². The number of nitrogens with zero attached hydrogens (tertiary/aromatic N) is 6. The molecule has 1 aromatic carbocycles. The van der Waals surface area contributed by atoms with Gasteiger partial charge in [0.1, 0.15) is 12.1 Å². The molecule has 7 nitrogen and oxygen atoms in total. The fourth-order valence-corrected chi connectivity index (χ4v) is 3.38. The molecule has 0 bridgehead atoms. The molecule has 0 spiro atoms. The summed E-state index contributed by atoms with van der Waals surface area (Å²) in [4.78, 5) is 13.8. The van der Waals surface area contributed by atoms with Gasteiger partial charge in [0.2, 0.25) is 0 Å². The van der Waals surface area contributed by atoms with Gasteiger partial charge in [-0.25, -0.2) is 14.6 Å². The molecule has 1 N–H and O–H groups in total. The summed E-state index contributed by atoms with van der Waals surface area (Å²) in [7, 11) is 2.18. The van der Waals surface area contributed by atoms with Crippen LogP contribution in [0.4, 0.5) is 5.82 Å². The van der Waals surface area contributed by atoms with Crippen molar-refractivity contribution in [3.63, 3.8) is 0 Å². The average molecular weight is 351 g/mol. The van der Waals surface area contributed by atoms with E-state index in [0.29, 0.717) is 6.04 Å². The molecule has 0 amide bonds. The Labute approximate surface area is 153 Å². The second-order valence-electron chi connectivity index (χ2n) is 6.92. The zero-order valence-electron chi connectivity index (χ0n) is 15.3. The van der Waals surface area contributed by atoms with E-state index in [0.717, 1.165) is 55.3 Å². The number of nitrogens with one attached hydrogen (secondary N) is 1. The van der Waals surface area contributed by atoms with Crippen molar-refractivity contribution in [1.29, 1.82) is 0 Å². The van der Waals surface area contributed by atoms with Crippen molar-refractivity contribution in [2.75, 3.05) is 45.1 Å². The van der Waals surface area contributed by atoms with Gasteiger partial charge in [-0.2, -0.15) is 5.10 Å². The smallest absolute Gasteiger partial charge is 0.168 e. The Balaban J connectivity index is 1.50. The van der Waals surface area contributed by atoms with E-state index in [1.807, 2.05) is 41.2 Å². The molecule has 1 fully saturated rings. The van der Waals surface area contributed by atoms with Crippen LogP contribution in [0, 0.1) is 0 Å². The normalized spacial score (nSPS) is 17.5. The molecule has 0 saturated carbocycles. The third kappa shape index (κ3) is 3.40. The van der Waals surface area contributed by atoms with E-state index in [1.54, 1.807) is 6.33 Å². The number of likely N-dealkylation sites (N-methyl/N-ethyl adjacent to an activating group) is 1. The van der Waals surface area contributed by atoms with Crippen LogP contribution in [0.3, 0.4) is 0 Å². The predicted molar refractivity (Wildman–Crippen MR) is 104 cm³/mol. The number of anilines is 1. The molecular weight excluding hydrogens is 326 g/mol. The summed E-state index contributed by atoms with van der Waals surface area (Å²) in [5, 5.41) is 8.96. The predicted octanol–water partition coefficient (Wildman–Crippen LogP) is 1.86. The minimum atomic E-state index is 0.456. The highest BCUT2D eigenvalue weighted by molar-refractivity contribution is 5.87. The van der Waals surface area contributed by atoms with Gasteiger partial charge in [0.15, 0.2) is 5.65 Å². The number of piperazine rings is 1. The molecule has 2 aromatic heterocycles. The van der Waals surface area contributed by atoms with Gasteiger partial charge in [-0.15, -0.1) is 0 Å². The van der Waals surface area contributed by atoms with E-state index in [4.69, 9.17) is 0 Å². The fourth-order valence-electron chi connectivity index (χ4n) is 3.38. The van der Waals surface area contributed by atoms with Crippen LogP contribution in [0.15, 0.2) is 42.9 Å². The van der Waals surface area contributed by atoms with Crippen molar-refractivity contribution in [3.8, 4) is 5.69 Å². The van der Waals surface area contributed by atoms with E-state index in [9.17, 15) is 0 Å². The topological polar surface area (TPSA) is 62.1 Å². The summed E-state index contributed by atoms with van der Waals surface area (Å²) in [6.45, 7) is 7.61. The molecule has 4 rings (SSSR count). The van der Waals surface area contributed by atoms with Crippen molar-refractivity contribution < 1.29 is 0 Å². The van der Waals surface area contributed by atoms with Gasteiger partial charge in [-0.3, -0.25) is 4.90 Å². The highest BCUT2D eigenvalue weighted by Gasteiger charge is 2.19. The molecule has 136 valence electrons. The van der Waals surface area contributed by atoms with Gasteiger partial charge in [0.05, 0.1) is 17.3 Å². The fraction of sp³-hybridized carbons (Fsp3) is 0.421. The lowest BCUT2D eigenvalue weighted by Gasteiger charge is -2.36. The van der Waals surface area contributed by atoms with Crippen molar-refractivity contribution in [2.45, 2.75) is 13.0 Å². The number of rotatable bonds is 5. The maximum atomic E-state index is 4.51. The molecule has 1 saturated heterocycles. The lowest BCUT2D eigenvalue weighted by atomic mass is 10.2. The molecule has 1 unspecified atom stereocenters. The second kappa shape index (κ2) is 7.39. The molecule has 3 heterocycles. The third-order valence-electron chi connectivity index (χ3n) is 5.09. The summed E-state index contributed by atoms with van der Waals surface area (Å²) in [6, 6.07) is 10.5. The minimum absolute atomic E-state index is 0.456. The number of aromatic nitrogens is 4. The molecule has 1 aliphatic rings. The summed E-state index contributed by atoms with van der Waals surface area (Å²) in [5.41, 5.74) is 1.82. The van der Waals surface area contributed by atoms with Crippen molar-refractivity contribution in [3.05, 3.63) is 42.9 Å². The quantitative estimate of drug-likeness (QED) is 0.757. The summed E-state index contributed by atoms with van der Waals surface area (Å²) in [5.74, 6) is 0.846. The molecular formula is C19H25N7. The van der Waals surface area contributed by atoms with Crippen LogP contribution in [-0.4, -0.2) is 75.4 Å². The van der Waals surface area contributed by atoms with Crippen LogP contribution in [0.5, 0.6) is 0 Å². The largest absolute Gasteiger partial charge is 0.368 e. The van der Waals surface area contributed by atoms with Crippen molar-refractivity contribution in [2.24, 2.45) is 0 Å². The average Bonchev–Trinajstić information content (AvgIpc) is 3.12. The maximum Gasteiger partial charge on any atom is 0.168 e. The zero-order chi connectivity index (χ0) is 17.9. The van der Waals surface area contributed by atoms with Gasteiger partial charge < -0.3 is 10.2 Å². The SMILES string of the molecule is CC(CNc1ncnc2c1cnn2-c1ccccc1)N1CCN(C)CC1. The summed E-state index contributed by atoms with van der Waals surface area (Å²) in [6.07, 6.45) is 3.44. The number of fused-ring (bicyclic) bond motifs is 1. The highest BCUT2D eigenvalue weighted by atomic mass is 15.3. The van der Waals surface area contributed by atoms with Gasteiger partial charge in [-0.05, 0) is 26.1 Å². The standard InChI is InChI=1S/C19H25N7/c1-15(25-10-8-24(2)9-11-25)12-20-18-17-13-23-26(19(17)22-14-21-18)16-6-4-3-5-7-16/h3-7,13-15H,8-12H2,1-2H3,(H,20,21,22). The van der Waals surface area contributed by atoms with E-state index in [1.165, 1.54) is 0 Å². The Morgan fingerprint density at radius 3 is 2.62 bits per heavy atom. The number of hydrogen-bond donors (Lipinski definition) is 1. The second-order valence-corrected chi connectivity index (χ2v) is 6.92. The van der Waals surface area contributed by atoms with Crippen LogP contribution in [-0.2, 0) is 0 Å². The Morgan fingerprint density at radius 2 is 1.85 bits per heavy atom. The molecule has 7 heteroatoms. The van der Waals surface area contributed by atoms with E-state index < -0.39 is 0 Å². The van der Waals surface area contributed by atoms with Crippen LogP contribution in [0.2, 0.25) is 0 Å².